The zero-order chi connectivity index (χ0) is 17.9. The fourth-order valence-corrected chi connectivity index (χ4v) is 3.69. The van der Waals surface area contributed by atoms with Crippen molar-refractivity contribution >= 4 is 32.4 Å². The maximum atomic E-state index is 12.6. The minimum Gasteiger partial charge on any atom is -0.321 e. The second-order valence-corrected chi connectivity index (χ2v) is 7.28. The number of rotatable bonds is 5. The third-order valence-corrected chi connectivity index (χ3v) is 5.32. The number of amides is 1. The molecule has 0 aliphatic heterocycles. The van der Waals surface area contributed by atoms with Gasteiger partial charge in [-0.1, -0.05) is 49.4 Å². The first-order valence-electron chi connectivity index (χ1n) is 7.90. The van der Waals surface area contributed by atoms with E-state index in [-0.39, 0.29) is 22.9 Å². The fraction of sp³-hybridized carbons (Fsp3) is 0.105. The van der Waals surface area contributed by atoms with E-state index in [9.17, 15) is 13.2 Å². The molecule has 0 aliphatic rings. The predicted molar refractivity (Wildman–Crippen MR) is 99.2 cm³/mol. The molecule has 0 saturated heterocycles. The molecule has 25 heavy (non-hydrogen) atoms. The zero-order valence-corrected chi connectivity index (χ0v) is 14.5. The van der Waals surface area contributed by atoms with Crippen LogP contribution in [0.2, 0.25) is 0 Å². The largest absolute Gasteiger partial charge is 0.321 e. The number of fused-ring (bicyclic) bond motifs is 1. The molecule has 3 aromatic carbocycles. The fourth-order valence-electron chi connectivity index (χ4n) is 2.61. The van der Waals surface area contributed by atoms with Gasteiger partial charge in [-0.25, -0.2) is 13.1 Å². The van der Waals surface area contributed by atoms with E-state index in [1.807, 2.05) is 42.5 Å². The van der Waals surface area contributed by atoms with E-state index in [1.165, 1.54) is 12.1 Å². The van der Waals surface area contributed by atoms with Gasteiger partial charge in [-0.2, -0.15) is 0 Å². The van der Waals surface area contributed by atoms with Crippen LogP contribution < -0.4 is 10.0 Å². The molecule has 0 spiro atoms. The van der Waals surface area contributed by atoms with Crippen LogP contribution in [0.1, 0.15) is 17.3 Å². The average Bonchev–Trinajstić information content (AvgIpc) is 2.62. The van der Waals surface area contributed by atoms with Crippen LogP contribution in [-0.2, 0) is 10.0 Å². The van der Waals surface area contributed by atoms with Gasteiger partial charge in [0.15, 0.2) is 0 Å². The zero-order valence-electron chi connectivity index (χ0n) is 13.7. The lowest BCUT2D eigenvalue weighted by molar-refractivity contribution is 0.102. The van der Waals surface area contributed by atoms with E-state index < -0.39 is 10.0 Å². The molecule has 0 fully saturated rings. The summed E-state index contributed by atoms with van der Waals surface area (Å²) in [6, 6.07) is 19.4. The average molecular weight is 354 g/mol. The first-order valence-corrected chi connectivity index (χ1v) is 9.38. The van der Waals surface area contributed by atoms with Gasteiger partial charge < -0.3 is 5.32 Å². The number of benzene rings is 3. The molecule has 0 atom stereocenters. The lowest BCUT2D eigenvalue weighted by atomic mass is 10.1. The maximum absolute atomic E-state index is 12.6. The molecule has 3 rings (SSSR count). The number of hydrogen-bond acceptors (Lipinski definition) is 3. The van der Waals surface area contributed by atoms with Gasteiger partial charge in [0.2, 0.25) is 10.0 Å². The van der Waals surface area contributed by atoms with Crippen molar-refractivity contribution < 1.29 is 13.2 Å². The van der Waals surface area contributed by atoms with Gasteiger partial charge >= 0.3 is 0 Å². The molecule has 0 aliphatic carbocycles. The van der Waals surface area contributed by atoms with Gasteiger partial charge in [-0.05, 0) is 29.7 Å². The molecule has 3 aromatic rings. The smallest absolute Gasteiger partial charge is 0.255 e. The molecule has 0 saturated carbocycles. The Bertz CT molecular complexity index is 1020. The second-order valence-electron chi connectivity index (χ2n) is 5.51. The van der Waals surface area contributed by atoms with Crippen molar-refractivity contribution in [2.75, 3.05) is 11.9 Å². The first-order chi connectivity index (χ1) is 12.0. The molecular formula is C19H18N2O3S. The van der Waals surface area contributed by atoms with Crippen LogP contribution in [0.3, 0.4) is 0 Å². The highest BCUT2D eigenvalue weighted by Crippen LogP contribution is 2.23. The second kappa shape index (κ2) is 7.04. The number of nitrogens with one attached hydrogen (secondary N) is 2. The molecule has 0 radical (unpaired) electrons. The van der Waals surface area contributed by atoms with Crippen molar-refractivity contribution in [3.8, 4) is 0 Å². The Balaban J connectivity index is 1.91. The quantitative estimate of drug-likeness (QED) is 0.737. The topological polar surface area (TPSA) is 75.3 Å². The molecule has 0 heterocycles. The van der Waals surface area contributed by atoms with Crippen molar-refractivity contribution in [3.05, 3.63) is 72.3 Å². The number of anilines is 1. The van der Waals surface area contributed by atoms with Crippen molar-refractivity contribution in [2.45, 2.75) is 11.8 Å². The van der Waals surface area contributed by atoms with Crippen LogP contribution in [0, 0.1) is 0 Å². The minimum atomic E-state index is -3.60. The summed E-state index contributed by atoms with van der Waals surface area (Å²) < 4.78 is 26.6. The van der Waals surface area contributed by atoms with Crippen LogP contribution >= 0.6 is 0 Å². The van der Waals surface area contributed by atoms with E-state index >= 15 is 0 Å². The molecule has 128 valence electrons. The van der Waals surface area contributed by atoms with Crippen LogP contribution in [0.4, 0.5) is 5.69 Å². The van der Waals surface area contributed by atoms with Crippen LogP contribution in [0.25, 0.3) is 10.8 Å². The Labute approximate surface area is 146 Å². The van der Waals surface area contributed by atoms with Crippen molar-refractivity contribution in [1.29, 1.82) is 0 Å². The van der Waals surface area contributed by atoms with E-state index in [0.29, 0.717) is 5.69 Å². The molecule has 0 unspecified atom stereocenters. The highest BCUT2D eigenvalue weighted by molar-refractivity contribution is 7.89. The number of carbonyl (C=O) groups excluding carboxylic acids is 1. The SMILES string of the molecule is CCNS(=O)(=O)c1cccc(C(=O)Nc2cccc3ccccc23)c1. The first kappa shape index (κ1) is 17.1. The predicted octanol–water partition coefficient (Wildman–Crippen LogP) is 3.39. The Morgan fingerprint density at radius 3 is 2.48 bits per heavy atom. The normalized spacial score (nSPS) is 11.4. The third-order valence-electron chi connectivity index (χ3n) is 3.78. The monoisotopic (exact) mass is 354 g/mol. The van der Waals surface area contributed by atoms with Crippen molar-refractivity contribution in [3.63, 3.8) is 0 Å². The maximum Gasteiger partial charge on any atom is 0.255 e. The Morgan fingerprint density at radius 2 is 1.68 bits per heavy atom. The third kappa shape index (κ3) is 3.70. The summed E-state index contributed by atoms with van der Waals surface area (Å²) in [4.78, 5) is 12.6. The molecule has 2 N–H and O–H groups in total. The highest BCUT2D eigenvalue weighted by Gasteiger charge is 2.15. The molecular weight excluding hydrogens is 336 g/mol. The van der Waals surface area contributed by atoms with Crippen LogP contribution in [-0.4, -0.2) is 20.9 Å². The van der Waals surface area contributed by atoms with Gasteiger partial charge in [0.1, 0.15) is 0 Å². The van der Waals surface area contributed by atoms with Gasteiger partial charge in [0, 0.05) is 23.2 Å². The van der Waals surface area contributed by atoms with Gasteiger partial charge in [0.25, 0.3) is 5.91 Å². The van der Waals surface area contributed by atoms with Gasteiger partial charge in [-0.3, -0.25) is 4.79 Å². The molecule has 1 amide bonds. The van der Waals surface area contributed by atoms with Crippen LogP contribution in [0.5, 0.6) is 0 Å². The lowest BCUT2D eigenvalue weighted by Crippen LogP contribution is -2.23. The summed E-state index contributed by atoms with van der Waals surface area (Å²) in [6.45, 7) is 1.99. The number of sulfonamides is 1. The highest BCUT2D eigenvalue weighted by atomic mass is 32.2. The Kier molecular flexibility index (Phi) is 4.83. The van der Waals surface area contributed by atoms with Crippen LogP contribution in [0.15, 0.2) is 71.6 Å². The summed E-state index contributed by atoms with van der Waals surface area (Å²) in [5.41, 5.74) is 0.968. The summed E-state index contributed by atoms with van der Waals surface area (Å²) in [5, 5.41) is 4.80. The molecule has 0 aromatic heterocycles. The van der Waals surface area contributed by atoms with Gasteiger partial charge in [0.05, 0.1) is 4.90 Å². The number of carbonyl (C=O) groups is 1. The van der Waals surface area contributed by atoms with E-state index in [2.05, 4.69) is 10.0 Å². The summed E-state index contributed by atoms with van der Waals surface area (Å²) >= 11 is 0. The van der Waals surface area contributed by atoms with E-state index in [0.717, 1.165) is 10.8 Å². The van der Waals surface area contributed by atoms with Crippen molar-refractivity contribution in [1.82, 2.24) is 4.72 Å². The lowest BCUT2D eigenvalue weighted by Gasteiger charge is -2.10. The molecule has 0 bridgehead atoms. The summed E-state index contributed by atoms with van der Waals surface area (Å²) in [7, 11) is -3.60. The minimum absolute atomic E-state index is 0.0694. The summed E-state index contributed by atoms with van der Waals surface area (Å²) in [6.07, 6.45) is 0. The van der Waals surface area contributed by atoms with E-state index in [1.54, 1.807) is 19.1 Å². The van der Waals surface area contributed by atoms with E-state index in [4.69, 9.17) is 0 Å². The number of hydrogen-bond donors (Lipinski definition) is 2. The van der Waals surface area contributed by atoms with Gasteiger partial charge in [-0.15, -0.1) is 0 Å². The molecule has 6 heteroatoms. The Morgan fingerprint density at radius 1 is 0.960 bits per heavy atom. The standard InChI is InChI=1S/C19H18N2O3S/c1-2-20-25(23,24)16-10-5-9-15(13-16)19(22)21-18-12-6-8-14-7-3-4-11-17(14)18/h3-13,20H,2H2,1H3,(H,21,22). The van der Waals surface area contributed by atoms with Crippen molar-refractivity contribution in [2.24, 2.45) is 0 Å². The molecule has 5 nitrogen and oxygen atoms in total. The Hall–Kier alpha value is -2.70. The summed E-state index contributed by atoms with van der Waals surface area (Å²) in [5.74, 6) is -0.357.